The van der Waals surface area contributed by atoms with Crippen molar-refractivity contribution < 1.29 is 0 Å². The van der Waals surface area contributed by atoms with Gasteiger partial charge >= 0.3 is 0 Å². The van der Waals surface area contributed by atoms with E-state index in [2.05, 4.69) is 50.0 Å². The summed E-state index contributed by atoms with van der Waals surface area (Å²) in [5.74, 6) is 0. The number of nitrogens with one attached hydrogen (secondary N) is 1. The molecule has 0 bridgehead atoms. The summed E-state index contributed by atoms with van der Waals surface area (Å²) in [5, 5.41) is 7.76. The van der Waals surface area contributed by atoms with Crippen LogP contribution < -0.4 is 5.32 Å². The van der Waals surface area contributed by atoms with E-state index in [-0.39, 0.29) is 6.04 Å². The van der Waals surface area contributed by atoms with Gasteiger partial charge in [-0.1, -0.05) is 13.0 Å². The molecule has 0 saturated carbocycles. The lowest BCUT2D eigenvalue weighted by atomic mass is 10.0. The molecule has 2 rings (SSSR count). The highest BCUT2D eigenvalue weighted by Gasteiger charge is 2.16. The molecular weight excluding hydrogens is 284 g/mol. The van der Waals surface area contributed by atoms with Gasteiger partial charge in [0.1, 0.15) is 0 Å². The molecule has 0 aromatic carbocycles. The van der Waals surface area contributed by atoms with Crippen molar-refractivity contribution in [3.8, 4) is 0 Å². The van der Waals surface area contributed by atoms with Crippen molar-refractivity contribution in [1.82, 2.24) is 10.3 Å². The van der Waals surface area contributed by atoms with Gasteiger partial charge in [-0.3, -0.25) is 4.98 Å². The molecule has 0 aliphatic carbocycles. The zero-order valence-corrected chi connectivity index (χ0v) is 11.4. The van der Waals surface area contributed by atoms with Crippen molar-refractivity contribution in [2.45, 2.75) is 13.0 Å². The molecule has 0 spiro atoms. The van der Waals surface area contributed by atoms with Crippen molar-refractivity contribution in [2.24, 2.45) is 0 Å². The fourth-order valence-electron chi connectivity index (χ4n) is 1.66. The fourth-order valence-corrected chi connectivity index (χ4v) is 3.21. The fraction of sp³-hybridized carbons (Fsp3) is 0.250. The van der Waals surface area contributed by atoms with E-state index >= 15 is 0 Å². The lowest BCUT2D eigenvalue weighted by Gasteiger charge is -2.17. The Morgan fingerprint density at radius 2 is 2.38 bits per heavy atom. The predicted octanol–water partition coefficient (Wildman–Crippen LogP) is 3.60. The van der Waals surface area contributed by atoms with Crippen molar-refractivity contribution >= 4 is 27.3 Å². The topological polar surface area (TPSA) is 24.9 Å². The minimum absolute atomic E-state index is 0.222. The smallest absolute Gasteiger partial charge is 0.0611 e. The molecule has 2 heterocycles. The van der Waals surface area contributed by atoms with Crippen LogP contribution in [0.5, 0.6) is 0 Å². The Hall–Kier alpha value is -0.710. The zero-order chi connectivity index (χ0) is 11.4. The number of hydrogen-bond donors (Lipinski definition) is 1. The molecule has 16 heavy (non-hydrogen) atoms. The molecule has 0 aliphatic heterocycles. The van der Waals surface area contributed by atoms with Crippen LogP contribution in [-0.4, -0.2) is 11.5 Å². The van der Waals surface area contributed by atoms with Crippen LogP contribution in [0.2, 0.25) is 0 Å². The summed E-state index contributed by atoms with van der Waals surface area (Å²) in [7, 11) is 0. The maximum absolute atomic E-state index is 4.18. The summed E-state index contributed by atoms with van der Waals surface area (Å²) in [6.07, 6.45) is 3.71. The Balaban J connectivity index is 2.35. The second-order valence-corrected chi connectivity index (χ2v) is 5.05. The molecule has 4 heteroatoms. The summed E-state index contributed by atoms with van der Waals surface area (Å²) in [4.78, 5) is 4.18. The van der Waals surface area contributed by atoms with Crippen LogP contribution in [0.4, 0.5) is 0 Å². The molecule has 2 nitrogen and oxygen atoms in total. The molecule has 0 saturated heterocycles. The number of pyridine rings is 1. The summed E-state index contributed by atoms with van der Waals surface area (Å²) in [6.45, 7) is 3.05. The van der Waals surface area contributed by atoms with Crippen molar-refractivity contribution in [1.29, 1.82) is 0 Å². The first-order valence-electron chi connectivity index (χ1n) is 5.17. The third-order valence-electron chi connectivity index (χ3n) is 2.38. The average Bonchev–Trinajstić information content (AvgIpc) is 2.73. The minimum Gasteiger partial charge on any atom is -0.306 e. The number of nitrogens with zero attached hydrogens (tertiary/aromatic N) is 1. The van der Waals surface area contributed by atoms with Gasteiger partial charge in [0, 0.05) is 22.2 Å². The lowest BCUT2D eigenvalue weighted by molar-refractivity contribution is 0.628. The van der Waals surface area contributed by atoms with Crippen molar-refractivity contribution in [2.75, 3.05) is 6.54 Å². The minimum atomic E-state index is 0.222. The summed E-state index contributed by atoms with van der Waals surface area (Å²) in [5.41, 5.74) is 2.48. The molecule has 2 aromatic rings. The molecule has 1 N–H and O–H groups in total. The first-order valence-corrected chi connectivity index (χ1v) is 6.91. The maximum atomic E-state index is 4.18. The standard InChI is InChI=1S/C12H13BrN2S/c1-2-15-12(9-4-3-5-14-6-9)10-7-16-8-11(10)13/h3-8,12,15H,2H2,1H3. The van der Waals surface area contributed by atoms with E-state index in [1.807, 2.05) is 12.3 Å². The molecule has 0 aliphatic rings. The SMILES string of the molecule is CCNC(c1cccnc1)c1cscc1Br. The molecule has 2 aromatic heterocycles. The second-order valence-electron chi connectivity index (χ2n) is 3.45. The van der Waals surface area contributed by atoms with Gasteiger partial charge in [-0.25, -0.2) is 0 Å². The summed E-state index contributed by atoms with van der Waals surface area (Å²) >= 11 is 5.29. The van der Waals surface area contributed by atoms with Crippen molar-refractivity contribution in [3.05, 3.63) is 50.9 Å². The van der Waals surface area contributed by atoms with E-state index in [9.17, 15) is 0 Å². The molecule has 0 radical (unpaired) electrons. The first kappa shape index (κ1) is 11.8. The number of aromatic nitrogens is 1. The lowest BCUT2D eigenvalue weighted by Crippen LogP contribution is -2.21. The van der Waals surface area contributed by atoms with Gasteiger partial charge < -0.3 is 5.32 Å². The summed E-state index contributed by atoms with van der Waals surface area (Å²) < 4.78 is 1.16. The predicted molar refractivity (Wildman–Crippen MR) is 71.8 cm³/mol. The third kappa shape index (κ3) is 2.51. The second kappa shape index (κ2) is 5.57. The third-order valence-corrected chi connectivity index (χ3v) is 4.13. The maximum Gasteiger partial charge on any atom is 0.0611 e. The zero-order valence-electron chi connectivity index (χ0n) is 8.98. The molecule has 0 amide bonds. The van der Waals surface area contributed by atoms with E-state index in [1.54, 1.807) is 17.5 Å². The molecule has 0 fully saturated rings. The summed E-state index contributed by atoms with van der Waals surface area (Å²) in [6, 6.07) is 4.30. The van der Waals surface area contributed by atoms with E-state index in [0.29, 0.717) is 0 Å². The van der Waals surface area contributed by atoms with E-state index in [4.69, 9.17) is 0 Å². The number of halogens is 1. The number of rotatable bonds is 4. The molecule has 84 valence electrons. The Morgan fingerprint density at radius 1 is 1.50 bits per heavy atom. The number of hydrogen-bond acceptors (Lipinski definition) is 3. The largest absolute Gasteiger partial charge is 0.306 e. The quantitative estimate of drug-likeness (QED) is 0.932. The van der Waals surface area contributed by atoms with Gasteiger partial charge in [-0.2, -0.15) is 11.3 Å². The normalized spacial score (nSPS) is 12.6. The van der Waals surface area contributed by atoms with Crippen LogP contribution in [0, 0.1) is 0 Å². The van der Waals surface area contributed by atoms with Crippen LogP contribution in [0.25, 0.3) is 0 Å². The highest BCUT2D eigenvalue weighted by atomic mass is 79.9. The molecule has 1 unspecified atom stereocenters. The van der Waals surface area contributed by atoms with Gasteiger partial charge in [0.05, 0.1) is 6.04 Å². The van der Waals surface area contributed by atoms with Crippen LogP contribution in [-0.2, 0) is 0 Å². The molecule has 1 atom stereocenters. The van der Waals surface area contributed by atoms with Gasteiger partial charge in [-0.05, 0) is 45.0 Å². The average molecular weight is 297 g/mol. The highest BCUT2D eigenvalue weighted by molar-refractivity contribution is 9.10. The first-order chi connectivity index (χ1) is 7.83. The monoisotopic (exact) mass is 296 g/mol. The van der Waals surface area contributed by atoms with Crippen LogP contribution in [0.1, 0.15) is 24.1 Å². The van der Waals surface area contributed by atoms with Gasteiger partial charge in [-0.15, -0.1) is 0 Å². The molecular formula is C12H13BrN2S. The van der Waals surface area contributed by atoms with Crippen LogP contribution in [0.15, 0.2) is 39.8 Å². The van der Waals surface area contributed by atoms with Crippen molar-refractivity contribution in [3.63, 3.8) is 0 Å². The van der Waals surface area contributed by atoms with Crippen LogP contribution in [0.3, 0.4) is 0 Å². The number of thiophene rings is 1. The van der Waals surface area contributed by atoms with Crippen LogP contribution >= 0.6 is 27.3 Å². The van der Waals surface area contributed by atoms with E-state index < -0.39 is 0 Å². The van der Waals surface area contributed by atoms with Gasteiger partial charge in [0.25, 0.3) is 0 Å². The van der Waals surface area contributed by atoms with E-state index in [0.717, 1.165) is 11.0 Å². The Morgan fingerprint density at radius 3 is 2.94 bits per heavy atom. The highest BCUT2D eigenvalue weighted by Crippen LogP contribution is 2.31. The van der Waals surface area contributed by atoms with Gasteiger partial charge in [0.15, 0.2) is 0 Å². The Bertz CT molecular complexity index is 441. The van der Waals surface area contributed by atoms with Gasteiger partial charge in [0.2, 0.25) is 0 Å². The van der Waals surface area contributed by atoms with E-state index in [1.165, 1.54) is 11.1 Å². The Labute approximate surface area is 108 Å². The Kier molecular flexibility index (Phi) is 4.09.